The Morgan fingerprint density at radius 3 is 3.44 bits per heavy atom. The van der Waals surface area contributed by atoms with E-state index in [-0.39, 0.29) is 0 Å². The van der Waals surface area contributed by atoms with Crippen LogP contribution < -0.4 is 4.72 Å². The molecule has 1 N–H and O–H groups in total. The molecule has 1 aliphatic heterocycles. The molecule has 0 atom stereocenters. The second kappa shape index (κ2) is 2.04. The van der Waals surface area contributed by atoms with Crippen molar-refractivity contribution in [2.75, 3.05) is 4.72 Å². The van der Waals surface area contributed by atoms with Crippen LogP contribution in [0.1, 0.15) is 4.88 Å². The maximum absolute atomic E-state index is 4.09. The highest BCUT2D eigenvalue weighted by molar-refractivity contribution is 8.03. The highest BCUT2D eigenvalue weighted by Crippen LogP contribution is 2.27. The summed E-state index contributed by atoms with van der Waals surface area (Å²) in [5.74, 6) is 0.993. The van der Waals surface area contributed by atoms with Crippen molar-refractivity contribution in [2.24, 2.45) is 0 Å². The molecule has 0 saturated carbocycles. The molecule has 0 spiro atoms. The number of fused-ring (bicyclic) bond motifs is 1. The molecule has 0 aliphatic carbocycles. The standard InChI is InChI=1S/C5H4N2S2/c1-2-9-7-5-4(1)8-3-6-5/h1-3,7H. The van der Waals surface area contributed by atoms with Gasteiger partial charge in [0, 0.05) is 0 Å². The molecule has 1 aromatic rings. The molecule has 0 amide bonds. The number of thiazole rings is 1. The van der Waals surface area contributed by atoms with Crippen molar-refractivity contribution < 1.29 is 0 Å². The summed E-state index contributed by atoms with van der Waals surface area (Å²) in [7, 11) is 0. The Bertz CT molecular complexity index is 241. The van der Waals surface area contributed by atoms with Gasteiger partial charge in [-0.2, -0.15) is 0 Å². The zero-order chi connectivity index (χ0) is 6.10. The first-order valence-electron chi connectivity index (χ1n) is 2.48. The molecule has 1 aliphatic rings. The van der Waals surface area contributed by atoms with E-state index < -0.39 is 0 Å². The highest BCUT2D eigenvalue weighted by Gasteiger charge is 2.04. The third kappa shape index (κ3) is 0.840. The lowest BCUT2D eigenvalue weighted by atomic mass is 10.5. The van der Waals surface area contributed by atoms with Gasteiger partial charge in [-0.05, 0) is 23.4 Å². The fourth-order valence-electron chi connectivity index (χ4n) is 0.636. The number of hydrogen-bond acceptors (Lipinski definition) is 4. The van der Waals surface area contributed by atoms with Crippen LogP contribution in [0.25, 0.3) is 6.08 Å². The van der Waals surface area contributed by atoms with Crippen LogP contribution in [0.3, 0.4) is 0 Å². The molecule has 0 bridgehead atoms. The van der Waals surface area contributed by atoms with E-state index in [1.54, 1.807) is 23.3 Å². The van der Waals surface area contributed by atoms with E-state index in [2.05, 4.69) is 15.8 Å². The van der Waals surface area contributed by atoms with Gasteiger partial charge >= 0.3 is 0 Å². The Labute approximate surface area is 61.1 Å². The zero-order valence-corrected chi connectivity index (χ0v) is 6.13. The summed E-state index contributed by atoms with van der Waals surface area (Å²) >= 11 is 3.21. The number of nitrogens with zero attached hydrogens (tertiary/aromatic N) is 1. The van der Waals surface area contributed by atoms with Crippen molar-refractivity contribution in [1.82, 2.24) is 4.98 Å². The molecule has 0 aromatic carbocycles. The topological polar surface area (TPSA) is 24.9 Å². The summed E-state index contributed by atoms with van der Waals surface area (Å²) in [4.78, 5) is 5.31. The number of aromatic nitrogens is 1. The van der Waals surface area contributed by atoms with Crippen molar-refractivity contribution in [3.05, 3.63) is 15.8 Å². The smallest absolute Gasteiger partial charge is 0.154 e. The summed E-state index contributed by atoms with van der Waals surface area (Å²) < 4.78 is 3.07. The average molecular weight is 156 g/mol. The van der Waals surface area contributed by atoms with Gasteiger partial charge in [-0.1, -0.05) is 0 Å². The van der Waals surface area contributed by atoms with Crippen molar-refractivity contribution in [3.63, 3.8) is 0 Å². The van der Waals surface area contributed by atoms with Crippen LogP contribution in [0, 0.1) is 0 Å². The van der Waals surface area contributed by atoms with Gasteiger partial charge in [-0.25, -0.2) is 4.98 Å². The van der Waals surface area contributed by atoms with Crippen molar-refractivity contribution in [2.45, 2.75) is 0 Å². The Balaban J connectivity index is 2.53. The van der Waals surface area contributed by atoms with Crippen LogP contribution in [0.15, 0.2) is 10.9 Å². The second-order valence-corrected chi connectivity index (χ2v) is 3.19. The summed E-state index contributed by atoms with van der Waals surface area (Å²) in [5, 5.41) is 2.01. The van der Waals surface area contributed by atoms with Crippen LogP contribution >= 0.6 is 23.3 Å². The van der Waals surface area contributed by atoms with E-state index in [9.17, 15) is 0 Å². The van der Waals surface area contributed by atoms with E-state index in [0.717, 1.165) is 5.82 Å². The molecular weight excluding hydrogens is 152 g/mol. The van der Waals surface area contributed by atoms with E-state index in [0.29, 0.717) is 0 Å². The van der Waals surface area contributed by atoms with Gasteiger partial charge in [0.05, 0.1) is 10.4 Å². The molecule has 4 heteroatoms. The number of rotatable bonds is 0. The number of anilines is 1. The Morgan fingerprint density at radius 1 is 1.56 bits per heavy atom. The Hall–Kier alpha value is -0.480. The Kier molecular flexibility index (Phi) is 1.20. The lowest BCUT2D eigenvalue weighted by Gasteiger charge is -2.02. The van der Waals surface area contributed by atoms with Gasteiger partial charge in [0.25, 0.3) is 0 Å². The molecule has 0 saturated heterocycles. The molecule has 2 rings (SSSR count). The lowest BCUT2D eigenvalue weighted by molar-refractivity contribution is 1.42. The summed E-state index contributed by atoms with van der Waals surface area (Å²) in [6.07, 6.45) is 2.06. The molecule has 1 aromatic heterocycles. The predicted molar refractivity (Wildman–Crippen MR) is 42.4 cm³/mol. The number of nitrogens with one attached hydrogen (secondary N) is 1. The summed E-state index contributed by atoms with van der Waals surface area (Å²) in [5.41, 5.74) is 1.84. The maximum atomic E-state index is 4.09. The summed E-state index contributed by atoms with van der Waals surface area (Å²) in [6.45, 7) is 0. The third-order valence-corrected chi connectivity index (χ3v) is 2.42. The van der Waals surface area contributed by atoms with Gasteiger partial charge < -0.3 is 4.72 Å². The van der Waals surface area contributed by atoms with Crippen molar-refractivity contribution >= 4 is 35.2 Å². The molecule has 46 valence electrons. The molecule has 2 heterocycles. The Morgan fingerprint density at radius 2 is 2.56 bits per heavy atom. The highest BCUT2D eigenvalue weighted by atomic mass is 32.2. The van der Waals surface area contributed by atoms with E-state index >= 15 is 0 Å². The minimum Gasteiger partial charge on any atom is -0.310 e. The van der Waals surface area contributed by atoms with E-state index in [1.807, 2.05) is 10.9 Å². The van der Waals surface area contributed by atoms with Crippen LogP contribution in [0.4, 0.5) is 5.82 Å². The van der Waals surface area contributed by atoms with E-state index in [4.69, 9.17) is 0 Å². The summed E-state index contributed by atoms with van der Waals surface area (Å²) in [6, 6.07) is 0. The molecule has 0 fully saturated rings. The van der Waals surface area contributed by atoms with Gasteiger partial charge in [0.15, 0.2) is 5.82 Å². The fraction of sp³-hybridized carbons (Fsp3) is 0. The predicted octanol–water partition coefficient (Wildman–Crippen LogP) is 2.19. The normalized spacial score (nSPS) is 14.7. The average Bonchev–Trinajstić information content (AvgIpc) is 2.33. The van der Waals surface area contributed by atoms with Crippen LogP contribution in [-0.2, 0) is 0 Å². The van der Waals surface area contributed by atoms with Crippen molar-refractivity contribution in [3.8, 4) is 0 Å². The minimum absolute atomic E-state index is 0.993. The first-order valence-corrected chi connectivity index (χ1v) is 4.24. The van der Waals surface area contributed by atoms with Gasteiger partial charge in [0.1, 0.15) is 0 Å². The molecule has 9 heavy (non-hydrogen) atoms. The quantitative estimate of drug-likeness (QED) is 0.583. The molecular formula is C5H4N2S2. The lowest BCUT2D eigenvalue weighted by Crippen LogP contribution is -1.88. The van der Waals surface area contributed by atoms with Crippen molar-refractivity contribution in [1.29, 1.82) is 0 Å². The van der Waals surface area contributed by atoms with Crippen LogP contribution in [0.2, 0.25) is 0 Å². The van der Waals surface area contributed by atoms with Crippen LogP contribution in [-0.4, -0.2) is 4.98 Å². The third-order valence-electron chi connectivity index (χ3n) is 1.04. The first-order chi connectivity index (χ1) is 4.47. The minimum atomic E-state index is 0.993. The van der Waals surface area contributed by atoms with E-state index in [1.165, 1.54) is 4.88 Å². The maximum Gasteiger partial charge on any atom is 0.154 e. The zero-order valence-electron chi connectivity index (χ0n) is 4.50. The van der Waals surface area contributed by atoms with Gasteiger partial charge in [-0.3, -0.25) is 0 Å². The molecule has 0 unspecified atom stereocenters. The number of hydrogen-bond donors (Lipinski definition) is 1. The fourth-order valence-corrected chi connectivity index (χ4v) is 1.97. The molecule has 0 radical (unpaired) electrons. The monoisotopic (exact) mass is 156 g/mol. The SMILES string of the molecule is C1=Cc2scnc2NS1. The first kappa shape index (κ1) is 5.32. The van der Waals surface area contributed by atoms with Gasteiger partial charge in [-0.15, -0.1) is 11.3 Å². The molecule has 2 nitrogen and oxygen atoms in total. The van der Waals surface area contributed by atoms with Gasteiger partial charge in [0.2, 0.25) is 0 Å². The van der Waals surface area contributed by atoms with Crippen LogP contribution in [0.5, 0.6) is 0 Å². The second-order valence-electron chi connectivity index (χ2n) is 1.59. The largest absolute Gasteiger partial charge is 0.310 e.